The van der Waals surface area contributed by atoms with Crippen LogP contribution in [0.3, 0.4) is 0 Å². The minimum Gasteiger partial charge on any atom is -0.353 e. The highest BCUT2D eigenvalue weighted by Gasteiger charge is 2.38. The predicted molar refractivity (Wildman–Crippen MR) is 131 cm³/mol. The fourth-order valence-corrected chi connectivity index (χ4v) is 4.31. The molecule has 3 atom stereocenters. The van der Waals surface area contributed by atoms with E-state index in [0.717, 1.165) is 12.3 Å². The second-order valence-corrected chi connectivity index (χ2v) is 9.91. The van der Waals surface area contributed by atoms with Gasteiger partial charge in [-0.2, -0.15) is 13.2 Å². The molecule has 4 amide bonds. The Balaban J connectivity index is 1.60. The molecule has 0 spiro atoms. The zero-order valence-corrected chi connectivity index (χ0v) is 21.4. The molecule has 1 saturated heterocycles. The van der Waals surface area contributed by atoms with E-state index in [-0.39, 0.29) is 18.5 Å². The van der Waals surface area contributed by atoms with Crippen molar-refractivity contribution in [2.45, 2.75) is 56.9 Å². The van der Waals surface area contributed by atoms with Crippen LogP contribution in [0.15, 0.2) is 30.5 Å². The summed E-state index contributed by atoms with van der Waals surface area (Å²) in [5.74, 6) is -8.62. The fraction of sp³-hybridized carbons (Fsp3) is 0.385. The van der Waals surface area contributed by atoms with E-state index in [1.54, 1.807) is 6.92 Å². The largest absolute Gasteiger partial charge is 0.433 e. The second kappa shape index (κ2) is 11.6. The smallest absolute Gasteiger partial charge is 0.353 e. The average molecular weight is 581 g/mol. The monoisotopic (exact) mass is 581 g/mol. The summed E-state index contributed by atoms with van der Waals surface area (Å²) in [7, 11) is 0. The number of nitrogens with one attached hydrogen (secondary N) is 4. The number of hydrogen-bond acceptors (Lipinski definition) is 6. The first-order valence-corrected chi connectivity index (χ1v) is 12.5. The molecule has 10 nitrogen and oxygen atoms in total. The van der Waals surface area contributed by atoms with Gasteiger partial charge in [-0.25, -0.2) is 8.78 Å². The van der Waals surface area contributed by atoms with E-state index in [4.69, 9.17) is 0 Å². The third-order valence-electron chi connectivity index (χ3n) is 6.54. The molecule has 1 aliphatic heterocycles. The number of halogens is 5. The number of carbonyl (C=O) groups is 5. The minimum absolute atomic E-state index is 0.198. The molecule has 1 saturated carbocycles. The molecule has 218 valence electrons. The molecule has 4 rings (SSSR count). The van der Waals surface area contributed by atoms with Crippen molar-refractivity contribution in [2.75, 3.05) is 5.32 Å². The Hall–Kier alpha value is -4.43. The molecule has 0 bridgehead atoms. The number of hydrogen-bond donors (Lipinski definition) is 4. The molecule has 1 aromatic carbocycles. The van der Waals surface area contributed by atoms with E-state index < -0.39 is 81.7 Å². The van der Waals surface area contributed by atoms with E-state index >= 15 is 0 Å². The number of pyridine rings is 1. The maximum absolute atomic E-state index is 14.2. The number of ketones is 1. The first-order chi connectivity index (χ1) is 19.2. The Labute approximate surface area is 229 Å². The number of carbonyl (C=O) groups excluding carboxylic acids is 5. The lowest BCUT2D eigenvalue weighted by atomic mass is 9.93. The Morgan fingerprint density at radius 1 is 1.07 bits per heavy atom. The average Bonchev–Trinajstić information content (AvgIpc) is 3.66. The van der Waals surface area contributed by atoms with Gasteiger partial charge in [-0.15, -0.1) is 0 Å². The summed E-state index contributed by atoms with van der Waals surface area (Å²) in [4.78, 5) is 66.8. The van der Waals surface area contributed by atoms with Crippen molar-refractivity contribution in [1.82, 2.24) is 20.9 Å². The first kappa shape index (κ1) is 29.6. The van der Waals surface area contributed by atoms with Gasteiger partial charge in [0.2, 0.25) is 11.7 Å². The molecule has 2 fully saturated rings. The van der Waals surface area contributed by atoms with Gasteiger partial charge in [0.05, 0.1) is 17.3 Å². The summed E-state index contributed by atoms with van der Waals surface area (Å²) in [5.41, 5.74) is -3.25. The molecule has 0 radical (unpaired) electrons. The summed E-state index contributed by atoms with van der Waals surface area (Å²) in [5, 5.41) is 9.49. The zero-order valence-electron chi connectivity index (χ0n) is 21.4. The van der Waals surface area contributed by atoms with Crippen LogP contribution in [-0.4, -0.2) is 52.5 Å². The van der Waals surface area contributed by atoms with Gasteiger partial charge in [-0.05, 0) is 50.8 Å². The number of Topliss-reactive ketones (excluding diaryl/α,β-unsaturated/α-hetero) is 1. The van der Waals surface area contributed by atoms with E-state index in [2.05, 4.69) is 26.3 Å². The van der Waals surface area contributed by atoms with Crippen LogP contribution in [0.2, 0.25) is 0 Å². The Morgan fingerprint density at radius 3 is 2.37 bits per heavy atom. The summed E-state index contributed by atoms with van der Waals surface area (Å²) in [6, 6.07) is 0.255. The molecular weight excluding hydrogens is 557 g/mol. The van der Waals surface area contributed by atoms with Crippen LogP contribution in [0.5, 0.6) is 0 Å². The highest BCUT2D eigenvalue weighted by Crippen LogP contribution is 2.29. The van der Waals surface area contributed by atoms with Crippen LogP contribution in [0.1, 0.15) is 59.0 Å². The molecule has 2 aliphatic rings. The van der Waals surface area contributed by atoms with Gasteiger partial charge in [-0.3, -0.25) is 29.0 Å². The standard InChI is InChI=1S/C26H24F5N5O5/c1-11-6-13(23(39)33-11)7-19(21(37)25(41)34-14-2-3-14)36-24(40)15-9-16(27)17(28)10-18(15)35-22(38)12-4-5-32-20(8-12)26(29,30)31/h4-5,8-11,13-14,19H,2-3,6-7H2,1H3,(H,33,39)(H,34,41)(H,35,38)(H,36,40)/t11-,13+,19+/m1/s1. The van der Waals surface area contributed by atoms with Crippen molar-refractivity contribution in [3.63, 3.8) is 0 Å². The number of aromatic nitrogens is 1. The molecule has 15 heteroatoms. The number of anilines is 1. The van der Waals surface area contributed by atoms with Crippen LogP contribution in [0.4, 0.5) is 27.6 Å². The summed E-state index contributed by atoms with van der Waals surface area (Å²) in [6.45, 7) is 1.73. The first-order valence-electron chi connectivity index (χ1n) is 12.5. The number of rotatable bonds is 9. The summed E-state index contributed by atoms with van der Waals surface area (Å²) in [6.07, 6.45) is -2.79. The van der Waals surface area contributed by atoms with Gasteiger partial charge in [0.1, 0.15) is 5.69 Å². The maximum Gasteiger partial charge on any atom is 0.433 e. The summed E-state index contributed by atoms with van der Waals surface area (Å²) < 4.78 is 67.3. The fourth-order valence-electron chi connectivity index (χ4n) is 4.31. The molecule has 1 aromatic heterocycles. The SMILES string of the molecule is C[C@@H]1C[C@@H](C[C@H](NC(=O)c2cc(F)c(F)cc2NC(=O)c2ccnc(C(F)(F)F)c2)C(=O)C(=O)NC2CC2)C(=O)N1. The van der Waals surface area contributed by atoms with Crippen LogP contribution >= 0.6 is 0 Å². The normalized spacial score (nSPS) is 19.2. The predicted octanol–water partition coefficient (Wildman–Crippen LogP) is 2.49. The third-order valence-corrected chi connectivity index (χ3v) is 6.54. The lowest BCUT2D eigenvalue weighted by molar-refractivity contribution is -0.141. The molecule has 1 aliphatic carbocycles. The van der Waals surface area contributed by atoms with Crippen LogP contribution in [0.25, 0.3) is 0 Å². The van der Waals surface area contributed by atoms with Gasteiger partial charge < -0.3 is 21.3 Å². The Bertz CT molecular complexity index is 1410. The van der Waals surface area contributed by atoms with Crippen LogP contribution < -0.4 is 21.3 Å². The molecule has 2 aromatic rings. The maximum atomic E-state index is 14.2. The van der Waals surface area contributed by atoms with Crippen molar-refractivity contribution in [2.24, 2.45) is 5.92 Å². The van der Waals surface area contributed by atoms with Gasteiger partial charge in [0.25, 0.3) is 17.7 Å². The molecule has 2 heterocycles. The number of alkyl halides is 3. The van der Waals surface area contributed by atoms with Crippen LogP contribution in [-0.2, 0) is 20.6 Å². The van der Waals surface area contributed by atoms with Crippen molar-refractivity contribution < 1.29 is 45.9 Å². The van der Waals surface area contributed by atoms with E-state index in [1.807, 2.05) is 0 Å². The van der Waals surface area contributed by atoms with Crippen molar-refractivity contribution >= 4 is 35.1 Å². The van der Waals surface area contributed by atoms with Crippen molar-refractivity contribution in [3.05, 3.63) is 58.9 Å². The number of benzene rings is 1. The van der Waals surface area contributed by atoms with E-state index in [0.29, 0.717) is 37.5 Å². The Kier molecular flexibility index (Phi) is 8.35. The Morgan fingerprint density at radius 2 is 1.76 bits per heavy atom. The number of nitrogens with zero attached hydrogens (tertiary/aromatic N) is 1. The van der Waals surface area contributed by atoms with E-state index in [1.165, 1.54) is 0 Å². The third kappa shape index (κ3) is 7.21. The topological polar surface area (TPSA) is 146 Å². The molecule has 4 N–H and O–H groups in total. The highest BCUT2D eigenvalue weighted by atomic mass is 19.4. The zero-order chi connectivity index (χ0) is 30.1. The van der Waals surface area contributed by atoms with Gasteiger partial charge >= 0.3 is 6.18 Å². The van der Waals surface area contributed by atoms with Crippen LogP contribution in [0, 0.1) is 17.6 Å². The van der Waals surface area contributed by atoms with Gasteiger partial charge in [-0.1, -0.05) is 0 Å². The number of amides is 4. The minimum atomic E-state index is -4.87. The second-order valence-electron chi connectivity index (χ2n) is 9.91. The molecular formula is C26H24F5N5O5. The molecule has 0 unspecified atom stereocenters. The lowest BCUT2D eigenvalue weighted by Crippen LogP contribution is -2.49. The highest BCUT2D eigenvalue weighted by molar-refractivity contribution is 6.38. The summed E-state index contributed by atoms with van der Waals surface area (Å²) >= 11 is 0. The van der Waals surface area contributed by atoms with Gasteiger partial charge in [0, 0.05) is 35.8 Å². The van der Waals surface area contributed by atoms with E-state index in [9.17, 15) is 45.9 Å². The van der Waals surface area contributed by atoms with Crippen molar-refractivity contribution in [3.8, 4) is 0 Å². The quantitative estimate of drug-likeness (QED) is 0.265. The van der Waals surface area contributed by atoms with Crippen molar-refractivity contribution in [1.29, 1.82) is 0 Å². The molecule has 41 heavy (non-hydrogen) atoms. The lowest BCUT2D eigenvalue weighted by Gasteiger charge is -2.21. The van der Waals surface area contributed by atoms with Gasteiger partial charge in [0.15, 0.2) is 11.6 Å².